The zero-order valence-electron chi connectivity index (χ0n) is 11.2. The number of aromatic nitrogens is 3. The Kier molecular flexibility index (Phi) is 3.96. The van der Waals surface area contributed by atoms with Gasteiger partial charge in [0, 0.05) is 18.0 Å². The highest BCUT2D eigenvalue weighted by Gasteiger charge is 2.24. The number of aromatic amines is 1. The molecule has 2 rings (SSSR count). The second kappa shape index (κ2) is 5.48. The Hall–Kier alpha value is -1.43. The van der Waals surface area contributed by atoms with Gasteiger partial charge in [-0.2, -0.15) is 0 Å². The number of nitrogens with one attached hydrogen (secondary N) is 3. The molecule has 0 spiro atoms. The van der Waals surface area contributed by atoms with Crippen LogP contribution in [-0.4, -0.2) is 39.7 Å². The first kappa shape index (κ1) is 13.0. The van der Waals surface area contributed by atoms with Crippen molar-refractivity contribution in [2.24, 2.45) is 0 Å². The summed E-state index contributed by atoms with van der Waals surface area (Å²) in [6.45, 7) is 7.12. The average molecular weight is 251 g/mol. The Bertz CT molecular complexity index is 414. The van der Waals surface area contributed by atoms with Crippen LogP contribution in [0.2, 0.25) is 0 Å². The number of hydrogen-bond donors (Lipinski definition) is 3. The van der Waals surface area contributed by atoms with E-state index in [1.165, 1.54) is 0 Å². The smallest absolute Gasteiger partial charge is 0.291 e. The van der Waals surface area contributed by atoms with Crippen molar-refractivity contribution in [2.45, 2.75) is 51.6 Å². The molecule has 1 aliphatic heterocycles. The minimum absolute atomic E-state index is 0.159. The molecule has 1 fully saturated rings. The first-order valence-electron chi connectivity index (χ1n) is 6.54. The van der Waals surface area contributed by atoms with Gasteiger partial charge in [0.1, 0.15) is 5.82 Å². The SMILES string of the molecule is CC(C)c1nc(C(=O)NC2CCCNC2C)n[nH]1. The number of rotatable bonds is 3. The van der Waals surface area contributed by atoms with Crippen LogP contribution in [0.25, 0.3) is 0 Å². The van der Waals surface area contributed by atoms with Crippen molar-refractivity contribution in [1.29, 1.82) is 0 Å². The molecule has 1 aromatic heterocycles. The average Bonchev–Trinajstić information content (AvgIpc) is 2.81. The number of carbonyl (C=O) groups is 1. The van der Waals surface area contributed by atoms with Gasteiger partial charge in [0.25, 0.3) is 5.91 Å². The molecule has 0 bridgehead atoms. The van der Waals surface area contributed by atoms with Crippen molar-refractivity contribution >= 4 is 5.91 Å². The number of nitrogens with zero attached hydrogens (tertiary/aromatic N) is 2. The molecule has 1 amide bonds. The highest BCUT2D eigenvalue weighted by Crippen LogP contribution is 2.10. The molecule has 2 atom stereocenters. The maximum atomic E-state index is 12.0. The van der Waals surface area contributed by atoms with Gasteiger partial charge < -0.3 is 10.6 Å². The van der Waals surface area contributed by atoms with E-state index in [2.05, 4.69) is 32.7 Å². The van der Waals surface area contributed by atoms with Crippen LogP contribution in [0.5, 0.6) is 0 Å². The maximum absolute atomic E-state index is 12.0. The lowest BCUT2D eigenvalue weighted by Crippen LogP contribution is -2.52. The molecule has 1 saturated heterocycles. The molecule has 2 unspecified atom stereocenters. The molecular weight excluding hydrogens is 230 g/mol. The molecule has 6 nitrogen and oxygen atoms in total. The molecule has 100 valence electrons. The molecule has 1 aliphatic rings. The van der Waals surface area contributed by atoms with Crippen molar-refractivity contribution in [3.05, 3.63) is 11.6 Å². The summed E-state index contributed by atoms with van der Waals surface area (Å²) in [6.07, 6.45) is 2.09. The molecule has 0 saturated carbocycles. The van der Waals surface area contributed by atoms with E-state index in [0.29, 0.717) is 6.04 Å². The third-order valence-electron chi connectivity index (χ3n) is 3.33. The van der Waals surface area contributed by atoms with Gasteiger partial charge in [0.05, 0.1) is 0 Å². The highest BCUT2D eigenvalue weighted by molar-refractivity contribution is 5.90. The normalized spacial score (nSPS) is 24.2. The van der Waals surface area contributed by atoms with E-state index < -0.39 is 0 Å². The standard InChI is InChI=1S/C12H21N5O/c1-7(2)10-15-11(17-16-10)12(18)14-9-5-4-6-13-8(9)3/h7-9,13H,4-6H2,1-3H3,(H,14,18)(H,15,16,17). The molecule has 18 heavy (non-hydrogen) atoms. The van der Waals surface area contributed by atoms with Gasteiger partial charge in [-0.15, -0.1) is 5.10 Å². The van der Waals surface area contributed by atoms with Gasteiger partial charge >= 0.3 is 0 Å². The summed E-state index contributed by atoms with van der Waals surface area (Å²) < 4.78 is 0. The lowest BCUT2D eigenvalue weighted by molar-refractivity contribution is 0.0909. The molecule has 2 heterocycles. The monoisotopic (exact) mass is 251 g/mol. The molecule has 0 radical (unpaired) electrons. The quantitative estimate of drug-likeness (QED) is 0.742. The van der Waals surface area contributed by atoms with Crippen molar-refractivity contribution in [1.82, 2.24) is 25.8 Å². The van der Waals surface area contributed by atoms with Crippen molar-refractivity contribution in [3.8, 4) is 0 Å². The summed E-state index contributed by atoms with van der Waals surface area (Å²) >= 11 is 0. The third-order valence-corrected chi connectivity index (χ3v) is 3.33. The second-order valence-electron chi connectivity index (χ2n) is 5.16. The van der Waals surface area contributed by atoms with Crippen LogP contribution in [0.4, 0.5) is 0 Å². The minimum atomic E-state index is -0.196. The molecule has 1 aromatic rings. The summed E-state index contributed by atoms with van der Waals surface area (Å²) in [5.41, 5.74) is 0. The van der Waals surface area contributed by atoms with Crippen molar-refractivity contribution in [2.75, 3.05) is 6.54 Å². The Balaban J connectivity index is 1.98. The van der Waals surface area contributed by atoms with E-state index in [9.17, 15) is 4.79 Å². The van der Waals surface area contributed by atoms with Gasteiger partial charge in [-0.3, -0.25) is 9.89 Å². The van der Waals surface area contributed by atoms with Crippen LogP contribution in [0, 0.1) is 0 Å². The first-order chi connectivity index (χ1) is 8.58. The minimum Gasteiger partial charge on any atom is -0.345 e. The maximum Gasteiger partial charge on any atom is 0.291 e. The molecular formula is C12H21N5O. The zero-order valence-corrected chi connectivity index (χ0v) is 11.2. The molecule has 0 aromatic carbocycles. The lowest BCUT2D eigenvalue weighted by atomic mass is 10.00. The Morgan fingerprint density at radius 3 is 2.89 bits per heavy atom. The van der Waals surface area contributed by atoms with E-state index in [-0.39, 0.29) is 23.7 Å². The predicted molar refractivity (Wildman–Crippen MR) is 68.4 cm³/mol. The fraction of sp³-hybridized carbons (Fsp3) is 0.750. The third kappa shape index (κ3) is 2.87. The van der Waals surface area contributed by atoms with Crippen LogP contribution in [-0.2, 0) is 0 Å². The second-order valence-corrected chi connectivity index (χ2v) is 5.16. The van der Waals surface area contributed by atoms with Crippen LogP contribution in [0.15, 0.2) is 0 Å². The van der Waals surface area contributed by atoms with Gasteiger partial charge in [-0.1, -0.05) is 13.8 Å². The highest BCUT2D eigenvalue weighted by atomic mass is 16.2. The van der Waals surface area contributed by atoms with E-state index in [1.807, 2.05) is 13.8 Å². The summed E-state index contributed by atoms with van der Waals surface area (Å²) in [5.74, 6) is 1.03. The fourth-order valence-corrected chi connectivity index (χ4v) is 2.11. The summed E-state index contributed by atoms with van der Waals surface area (Å²) in [7, 11) is 0. The van der Waals surface area contributed by atoms with E-state index in [4.69, 9.17) is 0 Å². The van der Waals surface area contributed by atoms with E-state index >= 15 is 0 Å². The van der Waals surface area contributed by atoms with Gasteiger partial charge in [-0.25, -0.2) is 4.98 Å². The summed E-state index contributed by atoms with van der Waals surface area (Å²) in [6, 6.07) is 0.457. The number of amides is 1. The van der Waals surface area contributed by atoms with Crippen molar-refractivity contribution in [3.63, 3.8) is 0 Å². The lowest BCUT2D eigenvalue weighted by Gasteiger charge is -2.30. The van der Waals surface area contributed by atoms with Crippen LogP contribution in [0.3, 0.4) is 0 Å². The number of piperidine rings is 1. The van der Waals surface area contributed by atoms with Gasteiger partial charge in [0.2, 0.25) is 5.82 Å². The Morgan fingerprint density at radius 2 is 2.28 bits per heavy atom. The summed E-state index contributed by atoms with van der Waals surface area (Å²) in [4.78, 5) is 16.2. The topological polar surface area (TPSA) is 82.7 Å². The number of H-pyrrole nitrogens is 1. The summed E-state index contributed by atoms with van der Waals surface area (Å²) in [5, 5.41) is 13.1. The zero-order chi connectivity index (χ0) is 13.1. The number of carbonyl (C=O) groups excluding carboxylic acids is 1. The van der Waals surface area contributed by atoms with Crippen molar-refractivity contribution < 1.29 is 4.79 Å². The van der Waals surface area contributed by atoms with Crippen LogP contribution >= 0.6 is 0 Å². The van der Waals surface area contributed by atoms with Gasteiger partial charge in [-0.05, 0) is 26.3 Å². The molecule has 0 aliphatic carbocycles. The fourth-order valence-electron chi connectivity index (χ4n) is 2.11. The largest absolute Gasteiger partial charge is 0.345 e. The first-order valence-corrected chi connectivity index (χ1v) is 6.54. The van der Waals surface area contributed by atoms with Gasteiger partial charge in [0.15, 0.2) is 0 Å². The van der Waals surface area contributed by atoms with Crippen LogP contribution < -0.4 is 10.6 Å². The Morgan fingerprint density at radius 1 is 1.50 bits per heavy atom. The van der Waals surface area contributed by atoms with E-state index in [0.717, 1.165) is 25.2 Å². The van der Waals surface area contributed by atoms with Crippen LogP contribution in [0.1, 0.15) is 56.0 Å². The molecule has 6 heteroatoms. The Labute approximate surface area is 107 Å². The predicted octanol–water partition coefficient (Wildman–Crippen LogP) is 0.798. The molecule has 3 N–H and O–H groups in total. The van der Waals surface area contributed by atoms with E-state index in [1.54, 1.807) is 0 Å². The number of hydrogen-bond acceptors (Lipinski definition) is 4.